The molecule has 2 N–H and O–H groups in total. The summed E-state index contributed by atoms with van der Waals surface area (Å²) in [4.78, 5) is 39.0. The normalized spacial score (nSPS) is 18.3. The van der Waals surface area contributed by atoms with Crippen LogP contribution in [0.15, 0.2) is 42.5 Å². The van der Waals surface area contributed by atoms with E-state index in [0.717, 1.165) is 25.1 Å². The maximum absolute atomic E-state index is 13.7. The van der Waals surface area contributed by atoms with Crippen LogP contribution in [0, 0.1) is 5.82 Å². The zero-order valence-electron chi connectivity index (χ0n) is 15.8. The van der Waals surface area contributed by atoms with Gasteiger partial charge in [0.05, 0.1) is 22.6 Å². The van der Waals surface area contributed by atoms with E-state index in [2.05, 4.69) is 10.6 Å². The summed E-state index contributed by atoms with van der Waals surface area (Å²) in [5, 5.41) is 5.23. The molecular formula is C21H20FN3O4. The van der Waals surface area contributed by atoms with Crippen LogP contribution < -0.4 is 15.5 Å². The molecule has 8 heteroatoms. The molecule has 4 rings (SSSR count). The molecule has 7 nitrogen and oxygen atoms in total. The van der Waals surface area contributed by atoms with Crippen molar-refractivity contribution in [2.75, 3.05) is 22.1 Å². The molecule has 150 valence electrons. The second-order valence-electron chi connectivity index (χ2n) is 7.09. The molecule has 0 unspecified atom stereocenters. The lowest BCUT2D eigenvalue weighted by Crippen LogP contribution is -2.43. The Balaban J connectivity index is 1.45. The maximum Gasteiger partial charge on any atom is 0.338 e. The first-order valence-electron chi connectivity index (χ1n) is 9.42. The second-order valence-corrected chi connectivity index (χ2v) is 7.09. The Morgan fingerprint density at radius 2 is 2.07 bits per heavy atom. The molecule has 29 heavy (non-hydrogen) atoms. The van der Waals surface area contributed by atoms with Crippen molar-refractivity contribution in [1.82, 2.24) is 0 Å². The number of esters is 1. The van der Waals surface area contributed by atoms with Crippen molar-refractivity contribution >= 4 is 34.8 Å². The maximum atomic E-state index is 13.7. The third-order valence-electron chi connectivity index (χ3n) is 5.14. The number of hydrogen-bond acceptors (Lipinski definition) is 5. The molecule has 2 aromatic rings. The second kappa shape index (κ2) is 7.54. The van der Waals surface area contributed by atoms with Crippen molar-refractivity contribution in [3.63, 3.8) is 0 Å². The predicted molar refractivity (Wildman–Crippen MR) is 105 cm³/mol. The largest absolute Gasteiger partial charge is 0.449 e. The fourth-order valence-corrected chi connectivity index (χ4v) is 3.64. The molecule has 1 fully saturated rings. The van der Waals surface area contributed by atoms with Gasteiger partial charge >= 0.3 is 5.97 Å². The first kappa shape index (κ1) is 18.9. The number of ether oxygens (including phenoxy) is 1. The van der Waals surface area contributed by atoms with Crippen LogP contribution in [-0.2, 0) is 14.3 Å². The van der Waals surface area contributed by atoms with E-state index in [1.54, 1.807) is 24.3 Å². The van der Waals surface area contributed by atoms with E-state index in [1.807, 2.05) is 4.90 Å². The van der Waals surface area contributed by atoms with Gasteiger partial charge in [0.2, 0.25) is 5.91 Å². The summed E-state index contributed by atoms with van der Waals surface area (Å²) in [7, 11) is 0. The minimum atomic E-state index is -1.13. The lowest BCUT2D eigenvalue weighted by molar-refractivity contribution is -0.123. The fraction of sp³-hybridized carbons (Fsp3) is 0.286. The SMILES string of the molecule is C[C@H](OC(=O)c1ccc2c(c1)NC(=O)[C@H]1CCCN21)C(=O)Nc1ccccc1F. The topological polar surface area (TPSA) is 87.7 Å². The highest BCUT2D eigenvalue weighted by Crippen LogP contribution is 2.37. The summed E-state index contributed by atoms with van der Waals surface area (Å²) in [5.74, 6) is -2.01. The highest BCUT2D eigenvalue weighted by Gasteiger charge is 2.36. The van der Waals surface area contributed by atoms with Crippen molar-refractivity contribution in [3.05, 3.63) is 53.8 Å². The van der Waals surface area contributed by atoms with Crippen molar-refractivity contribution in [2.45, 2.75) is 31.9 Å². The van der Waals surface area contributed by atoms with Gasteiger partial charge in [-0.2, -0.15) is 0 Å². The molecule has 2 aliphatic rings. The Hall–Kier alpha value is -3.42. The van der Waals surface area contributed by atoms with E-state index in [4.69, 9.17) is 4.74 Å². The van der Waals surface area contributed by atoms with Crippen LogP contribution in [0.3, 0.4) is 0 Å². The Morgan fingerprint density at radius 3 is 2.86 bits per heavy atom. The number of halogens is 1. The monoisotopic (exact) mass is 397 g/mol. The lowest BCUT2D eigenvalue weighted by Gasteiger charge is -2.33. The van der Waals surface area contributed by atoms with Crippen LogP contribution in [0.2, 0.25) is 0 Å². The van der Waals surface area contributed by atoms with E-state index in [1.165, 1.54) is 25.1 Å². The molecule has 2 amide bonds. The highest BCUT2D eigenvalue weighted by atomic mass is 19.1. The Bertz CT molecular complexity index is 994. The van der Waals surface area contributed by atoms with Crippen molar-refractivity contribution in [3.8, 4) is 0 Å². The fourth-order valence-electron chi connectivity index (χ4n) is 3.64. The number of rotatable bonds is 4. The average Bonchev–Trinajstić information content (AvgIpc) is 3.20. The van der Waals surface area contributed by atoms with Crippen LogP contribution in [0.25, 0.3) is 0 Å². The number of nitrogens with one attached hydrogen (secondary N) is 2. The average molecular weight is 397 g/mol. The van der Waals surface area contributed by atoms with Crippen molar-refractivity contribution in [1.29, 1.82) is 0 Å². The molecule has 0 spiro atoms. The van der Waals surface area contributed by atoms with Gasteiger partial charge in [0.1, 0.15) is 11.9 Å². The third kappa shape index (κ3) is 3.65. The Labute approximate surface area is 166 Å². The molecule has 1 saturated heterocycles. The van der Waals surface area contributed by atoms with E-state index in [-0.39, 0.29) is 23.2 Å². The third-order valence-corrected chi connectivity index (χ3v) is 5.14. The summed E-state index contributed by atoms with van der Waals surface area (Å²) >= 11 is 0. The minimum Gasteiger partial charge on any atom is -0.449 e. The summed E-state index contributed by atoms with van der Waals surface area (Å²) in [6.45, 7) is 2.20. The quantitative estimate of drug-likeness (QED) is 0.775. The molecule has 0 saturated carbocycles. The predicted octanol–water partition coefficient (Wildman–Crippen LogP) is 2.93. The highest BCUT2D eigenvalue weighted by molar-refractivity contribution is 6.05. The zero-order chi connectivity index (χ0) is 20.5. The number of fused-ring (bicyclic) bond motifs is 3. The summed E-state index contributed by atoms with van der Waals surface area (Å²) in [6, 6.07) is 10.5. The number of benzene rings is 2. The molecule has 2 heterocycles. The van der Waals surface area contributed by atoms with Crippen LogP contribution in [0.4, 0.5) is 21.5 Å². The number of carbonyl (C=O) groups excluding carboxylic acids is 3. The molecular weight excluding hydrogens is 377 g/mol. The van der Waals surface area contributed by atoms with Gasteiger partial charge in [-0.1, -0.05) is 12.1 Å². The molecule has 0 bridgehead atoms. The van der Waals surface area contributed by atoms with Gasteiger partial charge in [0, 0.05) is 6.54 Å². The standard InChI is InChI=1S/C21H20FN3O4/c1-12(19(26)23-15-6-3-2-5-14(15)22)29-21(28)13-8-9-17-16(11-13)24-20(27)18-7-4-10-25(17)18/h2-3,5-6,8-9,11-12,18H,4,7,10H2,1H3,(H,23,26)(H,24,27)/t12-,18+/m0/s1. The number of para-hydroxylation sites is 1. The van der Waals surface area contributed by atoms with Gasteiger partial charge in [-0.05, 0) is 50.1 Å². The van der Waals surface area contributed by atoms with E-state index in [0.29, 0.717) is 5.69 Å². The van der Waals surface area contributed by atoms with E-state index in [9.17, 15) is 18.8 Å². The number of amides is 2. The molecule has 0 aromatic heterocycles. The molecule has 0 aliphatic carbocycles. The number of anilines is 3. The summed E-state index contributed by atoms with van der Waals surface area (Å²) in [6.07, 6.45) is 0.621. The van der Waals surface area contributed by atoms with Gasteiger partial charge in [-0.15, -0.1) is 0 Å². The van der Waals surface area contributed by atoms with Gasteiger partial charge < -0.3 is 20.3 Å². The van der Waals surface area contributed by atoms with E-state index >= 15 is 0 Å². The lowest BCUT2D eigenvalue weighted by atomic mass is 10.1. The molecule has 2 aromatic carbocycles. The first-order chi connectivity index (χ1) is 13.9. The van der Waals surface area contributed by atoms with Crippen molar-refractivity contribution < 1.29 is 23.5 Å². The Morgan fingerprint density at radius 1 is 1.28 bits per heavy atom. The first-order valence-corrected chi connectivity index (χ1v) is 9.42. The van der Waals surface area contributed by atoms with E-state index < -0.39 is 23.8 Å². The van der Waals surface area contributed by atoms with Crippen LogP contribution >= 0.6 is 0 Å². The molecule has 2 atom stereocenters. The summed E-state index contributed by atoms with van der Waals surface area (Å²) in [5.41, 5.74) is 1.64. The van der Waals surface area contributed by atoms with Gasteiger partial charge in [-0.25, -0.2) is 9.18 Å². The number of nitrogens with zero attached hydrogens (tertiary/aromatic N) is 1. The van der Waals surface area contributed by atoms with Crippen LogP contribution in [0.1, 0.15) is 30.1 Å². The smallest absolute Gasteiger partial charge is 0.338 e. The summed E-state index contributed by atoms with van der Waals surface area (Å²) < 4.78 is 18.9. The molecule has 2 aliphatic heterocycles. The van der Waals surface area contributed by atoms with Gasteiger partial charge in [0.25, 0.3) is 5.91 Å². The van der Waals surface area contributed by atoms with Gasteiger partial charge in [0.15, 0.2) is 6.10 Å². The molecule has 0 radical (unpaired) electrons. The zero-order valence-corrected chi connectivity index (χ0v) is 15.8. The Kier molecular flexibility index (Phi) is 4.92. The number of carbonyl (C=O) groups is 3. The van der Waals surface area contributed by atoms with Gasteiger partial charge in [-0.3, -0.25) is 9.59 Å². The van der Waals surface area contributed by atoms with Crippen molar-refractivity contribution in [2.24, 2.45) is 0 Å². The minimum absolute atomic E-state index is 0.0112. The van der Waals surface area contributed by atoms with Crippen LogP contribution in [0.5, 0.6) is 0 Å². The van der Waals surface area contributed by atoms with Crippen LogP contribution in [-0.4, -0.2) is 36.5 Å². The number of hydrogen-bond donors (Lipinski definition) is 2.